The molecule has 1 aromatic carbocycles. The molecule has 1 amide bonds. The van der Waals surface area contributed by atoms with Crippen molar-refractivity contribution >= 4 is 32.9 Å². The van der Waals surface area contributed by atoms with Gasteiger partial charge in [0.1, 0.15) is 5.82 Å². The van der Waals surface area contributed by atoms with Gasteiger partial charge in [-0.1, -0.05) is 0 Å². The van der Waals surface area contributed by atoms with Gasteiger partial charge < -0.3 is 18.9 Å². The first-order valence-corrected chi connectivity index (χ1v) is 11.5. The van der Waals surface area contributed by atoms with Gasteiger partial charge in [-0.05, 0) is 25.1 Å². The van der Waals surface area contributed by atoms with Crippen LogP contribution in [0.2, 0.25) is 0 Å². The minimum atomic E-state index is -3.56. The first-order valence-electron chi connectivity index (χ1n) is 10.0. The highest BCUT2D eigenvalue weighted by atomic mass is 32.2. The Bertz CT molecular complexity index is 1080. The first-order chi connectivity index (χ1) is 14.6. The monoisotopic (exact) mass is 452 g/mol. The van der Waals surface area contributed by atoms with Crippen LogP contribution in [0.3, 0.4) is 0 Å². The fourth-order valence-corrected chi connectivity index (χ4v) is 4.31. The van der Waals surface area contributed by atoms with Gasteiger partial charge in [0.15, 0.2) is 6.61 Å². The highest BCUT2D eigenvalue weighted by Gasteiger charge is 2.23. The molecule has 0 N–H and O–H groups in total. The number of sulfonamides is 1. The van der Waals surface area contributed by atoms with Gasteiger partial charge in [0.05, 0.1) is 35.1 Å². The molecule has 170 valence electrons. The number of morpholine rings is 1. The van der Waals surface area contributed by atoms with E-state index in [0.29, 0.717) is 37.5 Å². The lowest BCUT2D eigenvalue weighted by Gasteiger charge is -2.30. The number of rotatable bonds is 7. The average Bonchev–Trinajstić information content (AvgIpc) is 3.05. The Kier molecular flexibility index (Phi) is 6.97. The van der Waals surface area contributed by atoms with Crippen molar-refractivity contribution in [2.24, 2.45) is 7.05 Å². The van der Waals surface area contributed by atoms with Crippen LogP contribution in [0.4, 0.5) is 0 Å². The lowest BCUT2D eigenvalue weighted by molar-refractivity contribution is -0.154. The Labute approximate surface area is 181 Å². The fraction of sp³-hybridized carbons (Fsp3) is 0.550. The molecule has 1 aliphatic heterocycles. The van der Waals surface area contributed by atoms with E-state index in [4.69, 9.17) is 9.47 Å². The molecule has 1 unspecified atom stereocenters. The number of carbonyl (C=O) groups is 2. The largest absolute Gasteiger partial charge is 0.456 e. The van der Waals surface area contributed by atoms with Crippen molar-refractivity contribution < 1.29 is 27.5 Å². The van der Waals surface area contributed by atoms with E-state index in [2.05, 4.69) is 4.98 Å². The Balaban J connectivity index is 1.59. The predicted molar refractivity (Wildman–Crippen MR) is 113 cm³/mol. The van der Waals surface area contributed by atoms with Crippen molar-refractivity contribution in [3.63, 3.8) is 0 Å². The summed E-state index contributed by atoms with van der Waals surface area (Å²) in [6.07, 6.45) is 0.342. The summed E-state index contributed by atoms with van der Waals surface area (Å²) in [4.78, 5) is 30.6. The maximum atomic E-state index is 12.3. The third-order valence-corrected chi connectivity index (χ3v) is 7.04. The van der Waals surface area contributed by atoms with Crippen molar-refractivity contribution in [1.82, 2.24) is 18.8 Å². The number of hydrogen-bond donors (Lipinski definition) is 0. The minimum Gasteiger partial charge on any atom is -0.456 e. The molecule has 2 aromatic rings. The van der Waals surface area contributed by atoms with Gasteiger partial charge in [-0.2, -0.15) is 0 Å². The smallest absolute Gasteiger partial charge is 0.306 e. The summed E-state index contributed by atoms with van der Waals surface area (Å²) in [6.45, 7) is 3.06. The molecule has 2 heterocycles. The molecule has 11 heteroatoms. The molecule has 1 aromatic heterocycles. The number of ether oxygens (including phenoxy) is 2. The highest BCUT2D eigenvalue weighted by molar-refractivity contribution is 7.89. The molecule has 1 saturated heterocycles. The number of amides is 1. The molecule has 1 fully saturated rings. The number of fused-ring (bicyclic) bond motifs is 1. The lowest BCUT2D eigenvalue weighted by atomic mass is 10.3. The van der Waals surface area contributed by atoms with Crippen molar-refractivity contribution in [1.29, 1.82) is 0 Å². The zero-order chi connectivity index (χ0) is 22.8. The summed E-state index contributed by atoms with van der Waals surface area (Å²) in [6, 6.07) is 4.76. The van der Waals surface area contributed by atoms with Crippen molar-refractivity contribution in [2.45, 2.75) is 30.8 Å². The third kappa shape index (κ3) is 5.23. The Morgan fingerprint density at radius 3 is 2.74 bits per heavy atom. The van der Waals surface area contributed by atoms with Crippen LogP contribution in [0.25, 0.3) is 11.0 Å². The average molecular weight is 453 g/mol. The van der Waals surface area contributed by atoms with E-state index >= 15 is 0 Å². The zero-order valence-corrected chi connectivity index (χ0v) is 19.0. The van der Waals surface area contributed by atoms with Crippen molar-refractivity contribution in [2.75, 3.05) is 40.4 Å². The normalized spacial score (nSPS) is 17.3. The van der Waals surface area contributed by atoms with Crippen LogP contribution in [0, 0.1) is 0 Å². The molecule has 1 atom stereocenters. The number of carbonyl (C=O) groups excluding carboxylic acids is 2. The van der Waals surface area contributed by atoms with Crippen LogP contribution in [-0.4, -0.2) is 85.6 Å². The molecule has 1 aliphatic rings. The first kappa shape index (κ1) is 23.2. The number of aromatic nitrogens is 2. The van der Waals surface area contributed by atoms with E-state index in [1.54, 1.807) is 18.0 Å². The molecule has 31 heavy (non-hydrogen) atoms. The standard InChI is InChI=1S/C20H28N4O6S/c1-14-12-24(9-10-29-14)19(25)13-30-20(26)8-7-18-21-16-11-15(31(27,28)22(2)3)5-6-17(16)23(18)4/h5-6,11,14H,7-10,12-13H2,1-4H3. The summed E-state index contributed by atoms with van der Waals surface area (Å²) < 4.78 is 38.2. The molecular formula is C20H28N4O6S. The lowest BCUT2D eigenvalue weighted by Crippen LogP contribution is -2.46. The van der Waals surface area contributed by atoms with E-state index in [0.717, 1.165) is 9.82 Å². The minimum absolute atomic E-state index is 0.0285. The van der Waals surface area contributed by atoms with Gasteiger partial charge in [-0.15, -0.1) is 0 Å². The van der Waals surface area contributed by atoms with E-state index in [1.807, 2.05) is 11.5 Å². The molecule has 0 aliphatic carbocycles. The van der Waals surface area contributed by atoms with Crippen LogP contribution in [0.1, 0.15) is 19.2 Å². The van der Waals surface area contributed by atoms with Crippen LogP contribution in [0.15, 0.2) is 23.1 Å². The third-order valence-electron chi connectivity index (χ3n) is 5.23. The fourth-order valence-electron chi connectivity index (χ4n) is 3.39. The number of imidazole rings is 1. The Morgan fingerprint density at radius 1 is 1.32 bits per heavy atom. The van der Waals surface area contributed by atoms with E-state index in [1.165, 1.54) is 26.2 Å². The number of esters is 1. The van der Waals surface area contributed by atoms with Crippen LogP contribution in [0.5, 0.6) is 0 Å². The van der Waals surface area contributed by atoms with Gasteiger partial charge in [0, 0.05) is 40.7 Å². The van der Waals surface area contributed by atoms with Crippen LogP contribution < -0.4 is 0 Å². The second-order valence-corrected chi connectivity index (χ2v) is 9.86. The van der Waals surface area contributed by atoms with Gasteiger partial charge >= 0.3 is 5.97 Å². The summed E-state index contributed by atoms with van der Waals surface area (Å²) in [7, 11) is 1.19. The zero-order valence-electron chi connectivity index (χ0n) is 18.2. The van der Waals surface area contributed by atoms with Gasteiger partial charge in [0.25, 0.3) is 5.91 Å². The van der Waals surface area contributed by atoms with Crippen LogP contribution >= 0.6 is 0 Å². The second-order valence-electron chi connectivity index (χ2n) is 7.71. The quantitative estimate of drug-likeness (QED) is 0.564. The summed E-state index contributed by atoms with van der Waals surface area (Å²) >= 11 is 0. The topological polar surface area (TPSA) is 111 Å². The molecule has 0 bridgehead atoms. The molecule has 0 radical (unpaired) electrons. The summed E-state index contributed by atoms with van der Waals surface area (Å²) in [5, 5.41) is 0. The SMILES string of the molecule is CC1CN(C(=O)COC(=O)CCc2nc3cc(S(=O)(=O)N(C)C)ccc3n2C)CCO1. The summed E-state index contributed by atoms with van der Waals surface area (Å²) in [5.41, 5.74) is 1.29. The van der Waals surface area contributed by atoms with Crippen molar-refractivity contribution in [3.05, 3.63) is 24.0 Å². The molecular weight excluding hydrogens is 424 g/mol. The van der Waals surface area contributed by atoms with E-state index in [9.17, 15) is 18.0 Å². The molecule has 0 spiro atoms. The molecule has 0 saturated carbocycles. The van der Waals surface area contributed by atoms with E-state index < -0.39 is 16.0 Å². The van der Waals surface area contributed by atoms with Gasteiger partial charge in [-0.3, -0.25) is 9.59 Å². The number of hydrogen-bond acceptors (Lipinski definition) is 7. The highest BCUT2D eigenvalue weighted by Crippen LogP contribution is 2.22. The van der Waals surface area contributed by atoms with Gasteiger partial charge in [0.2, 0.25) is 10.0 Å². The number of aryl methyl sites for hydroxylation is 2. The molecule has 10 nitrogen and oxygen atoms in total. The van der Waals surface area contributed by atoms with Gasteiger partial charge in [-0.25, -0.2) is 17.7 Å². The molecule has 3 rings (SSSR count). The maximum Gasteiger partial charge on any atom is 0.306 e. The summed E-state index contributed by atoms with van der Waals surface area (Å²) in [5.74, 6) is -0.0990. The Morgan fingerprint density at radius 2 is 2.06 bits per heavy atom. The number of nitrogens with zero attached hydrogens (tertiary/aromatic N) is 4. The van der Waals surface area contributed by atoms with Crippen LogP contribution in [-0.2, 0) is 42.6 Å². The van der Waals surface area contributed by atoms with Crippen molar-refractivity contribution in [3.8, 4) is 0 Å². The Hall–Kier alpha value is -2.50. The predicted octanol–water partition coefficient (Wildman–Crippen LogP) is 0.547. The number of benzene rings is 1. The second kappa shape index (κ2) is 9.33. The maximum absolute atomic E-state index is 12.3. The van der Waals surface area contributed by atoms with E-state index in [-0.39, 0.29) is 29.9 Å².